The molecule has 1 N–H and O–H groups in total. The molecule has 0 unspecified atom stereocenters. The van der Waals surface area contributed by atoms with E-state index in [0.717, 1.165) is 12.1 Å². The van der Waals surface area contributed by atoms with Gasteiger partial charge in [-0.2, -0.15) is 5.10 Å². The summed E-state index contributed by atoms with van der Waals surface area (Å²) < 4.78 is 30.9. The molecule has 2 atom stereocenters. The highest BCUT2D eigenvalue weighted by Crippen LogP contribution is 2.36. The molecule has 0 fully saturated rings. The molecule has 0 spiro atoms. The van der Waals surface area contributed by atoms with Crippen molar-refractivity contribution in [2.75, 3.05) is 0 Å². The molecule has 0 saturated carbocycles. The summed E-state index contributed by atoms with van der Waals surface area (Å²) in [5.41, 5.74) is -2.18. The lowest BCUT2D eigenvalue weighted by Gasteiger charge is -2.36. The molecule has 0 saturated heterocycles. The predicted molar refractivity (Wildman–Crippen MR) is 111 cm³/mol. The maximum absolute atomic E-state index is 14.8. The monoisotopic (exact) mass is 445 g/mol. The Morgan fingerprint density at radius 1 is 1.23 bits per heavy atom. The maximum Gasteiger partial charge on any atom is 0.261 e. The lowest BCUT2D eigenvalue weighted by Crippen LogP contribution is -2.44. The van der Waals surface area contributed by atoms with E-state index in [2.05, 4.69) is 15.1 Å². The van der Waals surface area contributed by atoms with Gasteiger partial charge in [-0.3, -0.25) is 9.36 Å². The molecule has 0 aliphatic heterocycles. The number of rotatable bonds is 5. The average Bonchev–Trinajstić information content (AvgIpc) is 3.20. The van der Waals surface area contributed by atoms with Crippen LogP contribution in [0.1, 0.15) is 24.4 Å². The number of benzene rings is 2. The van der Waals surface area contributed by atoms with Gasteiger partial charge in [0, 0.05) is 16.7 Å². The Bertz CT molecular complexity index is 1330. The minimum absolute atomic E-state index is 0.181. The van der Waals surface area contributed by atoms with Gasteiger partial charge >= 0.3 is 0 Å². The number of nitrogens with zero attached hydrogens (tertiary/aromatic N) is 5. The van der Waals surface area contributed by atoms with Crippen LogP contribution in [0, 0.1) is 18.6 Å². The van der Waals surface area contributed by atoms with Gasteiger partial charge in [0.05, 0.1) is 23.5 Å². The highest BCUT2D eigenvalue weighted by Gasteiger charge is 2.41. The Morgan fingerprint density at radius 2 is 2.00 bits per heavy atom. The van der Waals surface area contributed by atoms with Crippen LogP contribution < -0.4 is 5.56 Å². The lowest BCUT2D eigenvalue weighted by molar-refractivity contribution is -0.0349. The summed E-state index contributed by atoms with van der Waals surface area (Å²) in [5, 5.41) is 16.5. The zero-order valence-corrected chi connectivity index (χ0v) is 17.4. The third-order valence-corrected chi connectivity index (χ3v) is 5.62. The quantitative estimate of drug-likeness (QED) is 0.509. The Balaban J connectivity index is 1.93. The highest BCUT2D eigenvalue weighted by molar-refractivity contribution is 6.31. The van der Waals surface area contributed by atoms with E-state index in [-0.39, 0.29) is 12.1 Å². The van der Waals surface area contributed by atoms with Crippen LogP contribution in [0.25, 0.3) is 10.9 Å². The van der Waals surface area contributed by atoms with Crippen LogP contribution in [-0.2, 0) is 12.1 Å². The SMILES string of the molecule is Cc1nc2cc(Cl)ccc2c(=O)n1[C@H](C)[C@](O)(Cn1cncn1)c1ccc(F)cc1F. The molecule has 0 bridgehead atoms. The second-order valence-corrected chi connectivity index (χ2v) is 7.75. The van der Waals surface area contributed by atoms with Crippen LogP contribution in [0.4, 0.5) is 8.78 Å². The predicted octanol–water partition coefficient (Wildman–Crippen LogP) is 3.38. The first-order valence-electron chi connectivity index (χ1n) is 9.39. The number of fused-ring (bicyclic) bond motifs is 1. The van der Waals surface area contributed by atoms with E-state index in [1.165, 1.54) is 21.9 Å². The fraction of sp³-hybridized carbons (Fsp3) is 0.238. The van der Waals surface area contributed by atoms with Crippen molar-refractivity contribution in [2.45, 2.75) is 32.0 Å². The summed E-state index contributed by atoms with van der Waals surface area (Å²) in [7, 11) is 0. The largest absolute Gasteiger partial charge is 0.381 e. The Kier molecular flexibility index (Phi) is 5.32. The molecule has 31 heavy (non-hydrogen) atoms. The van der Waals surface area contributed by atoms with Crippen LogP contribution in [0.2, 0.25) is 5.02 Å². The summed E-state index contributed by atoms with van der Waals surface area (Å²) in [4.78, 5) is 21.6. The van der Waals surface area contributed by atoms with Crippen molar-refractivity contribution < 1.29 is 13.9 Å². The van der Waals surface area contributed by atoms with Gasteiger partial charge in [-0.15, -0.1) is 0 Å². The van der Waals surface area contributed by atoms with E-state index in [0.29, 0.717) is 27.8 Å². The fourth-order valence-electron chi connectivity index (χ4n) is 3.80. The van der Waals surface area contributed by atoms with E-state index in [1.807, 2.05) is 0 Å². The molecule has 0 aliphatic carbocycles. The minimum Gasteiger partial charge on any atom is -0.381 e. The second kappa shape index (κ2) is 7.82. The number of hydrogen-bond donors (Lipinski definition) is 1. The van der Waals surface area contributed by atoms with Crippen molar-refractivity contribution in [3.63, 3.8) is 0 Å². The van der Waals surface area contributed by atoms with Crippen molar-refractivity contribution in [1.29, 1.82) is 0 Å². The minimum atomic E-state index is -1.98. The number of aryl methyl sites for hydroxylation is 1. The van der Waals surface area contributed by atoms with Crippen molar-refractivity contribution >= 4 is 22.5 Å². The normalized spacial score (nSPS) is 14.5. The summed E-state index contributed by atoms with van der Waals surface area (Å²) in [5.74, 6) is -1.43. The highest BCUT2D eigenvalue weighted by atomic mass is 35.5. The van der Waals surface area contributed by atoms with Crippen molar-refractivity contribution in [1.82, 2.24) is 24.3 Å². The van der Waals surface area contributed by atoms with Gasteiger partial charge in [-0.25, -0.2) is 23.4 Å². The molecule has 160 valence electrons. The topological polar surface area (TPSA) is 85.8 Å². The first kappa shape index (κ1) is 21.1. The second-order valence-electron chi connectivity index (χ2n) is 7.31. The number of halogens is 3. The van der Waals surface area contributed by atoms with E-state index < -0.39 is 28.8 Å². The average molecular weight is 446 g/mol. The molecule has 4 rings (SSSR count). The van der Waals surface area contributed by atoms with E-state index in [9.17, 15) is 18.7 Å². The molecule has 7 nitrogen and oxygen atoms in total. The zero-order chi connectivity index (χ0) is 22.3. The van der Waals surface area contributed by atoms with Gasteiger partial charge in [0.25, 0.3) is 5.56 Å². The molecule has 0 radical (unpaired) electrons. The molecular weight excluding hydrogens is 428 g/mol. The van der Waals surface area contributed by atoms with E-state index in [4.69, 9.17) is 11.6 Å². The summed E-state index contributed by atoms with van der Waals surface area (Å²) in [6, 6.07) is 6.58. The maximum atomic E-state index is 14.8. The molecule has 2 heterocycles. The van der Waals surface area contributed by atoms with Gasteiger partial charge in [-0.1, -0.05) is 17.7 Å². The number of aliphatic hydroxyl groups is 1. The number of aromatic nitrogens is 5. The zero-order valence-electron chi connectivity index (χ0n) is 16.6. The smallest absolute Gasteiger partial charge is 0.261 e. The molecule has 10 heteroatoms. The van der Waals surface area contributed by atoms with Crippen molar-refractivity contribution in [3.8, 4) is 0 Å². The Labute approximate surface area is 180 Å². The first-order valence-corrected chi connectivity index (χ1v) is 9.77. The first-order chi connectivity index (χ1) is 14.7. The standard InChI is InChI=1S/C21H18ClF2N5O2/c1-12(29-13(2)27-19-7-14(22)3-5-16(19)20(29)30)21(31,9-28-11-25-10-26-28)17-6-4-15(23)8-18(17)24/h3-8,10-12,31H,9H2,1-2H3/t12-,21-/m1/s1. The van der Waals surface area contributed by atoms with Crippen molar-refractivity contribution in [2.24, 2.45) is 0 Å². The fourth-order valence-corrected chi connectivity index (χ4v) is 3.96. The van der Waals surface area contributed by atoms with E-state index >= 15 is 0 Å². The Hall–Kier alpha value is -3.17. The number of hydrogen-bond acceptors (Lipinski definition) is 5. The van der Waals surface area contributed by atoms with Gasteiger partial charge < -0.3 is 5.11 Å². The van der Waals surface area contributed by atoms with E-state index in [1.54, 1.807) is 32.0 Å². The van der Waals surface area contributed by atoms with Gasteiger partial charge in [0.1, 0.15) is 35.7 Å². The third-order valence-electron chi connectivity index (χ3n) is 5.39. The molecule has 0 aliphatic rings. The molecule has 2 aromatic heterocycles. The van der Waals surface area contributed by atoms with Crippen LogP contribution >= 0.6 is 11.6 Å². The molecule has 4 aromatic rings. The summed E-state index contributed by atoms with van der Waals surface area (Å²) in [6.45, 7) is 2.94. The van der Waals surface area contributed by atoms with Crippen molar-refractivity contribution in [3.05, 3.63) is 87.5 Å². The summed E-state index contributed by atoms with van der Waals surface area (Å²) in [6.07, 6.45) is 2.63. The van der Waals surface area contributed by atoms with Gasteiger partial charge in [0.15, 0.2) is 0 Å². The summed E-state index contributed by atoms with van der Waals surface area (Å²) >= 11 is 6.01. The van der Waals surface area contributed by atoms with Gasteiger partial charge in [-0.05, 0) is 38.1 Å². The van der Waals surface area contributed by atoms with Crippen LogP contribution in [0.3, 0.4) is 0 Å². The molecule has 0 amide bonds. The molecular formula is C21H18ClF2N5O2. The lowest BCUT2D eigenvalue weighted by atomic mass is 9.86. The van der Waals surface area contributed by atoms with Crippen LogP contribution in [0.5, 0.6) is 0 Å². The Morgan fingerprint density at radius 3 is 2.68 bits per heavy atom. The third kappa shape index (κ3) is 3.70. The molecule has 2 aromatic carbocycles. The van der Waals surface area contributed by atoms with Crippen LogP contribution in [0.15, 0.2) is 53.8 Å². The van der Waals surface area contributed by atoms with Gasteiger partial charge in [0.2, 0.25) is 0 Å². The van der Waals surface area contributed by atoms with Crippen LogP contribution in [-0.4, -0.2) is 29.4 Å².